The smallest absolute Gasteiger partial charge is 0.163 e. The van der Waals surface area contributed by atoms with Crippen molar-refractivity contribution in [3.05, 3.63) is 89.0 Å². The summed E-state index contributed by atoms with van der Waals surface area (Å²) in [5.41, 5.74) is 1.39. The molecule has 1 heterocycles. The van der Waals surface area contributed by atoms with Crippen molar-refractivity contribution in [3.63, 3.8) is 0 Å². The Morgan fingerprint density at radius 1 is 1.24 bits per heavy atom. The van der Waals surface area contributed by atoms with Crippen molar-refractivity contribution >= 4 is 5.97 Å². The number of ether oxygens (including phenoxy) is 2. The zero-order valence-electron chi connectivity index (χ0n) is 15.5. The van der Waals surface area contributed by atoms with E-state index >= 15 is 0 Å². The second-order valence-corrected chi connectivity index (χ2v) is 6.21. The molecular weight excluding hydrogens is 375 g/mol. The average molecular weight is 391 g/mol. The number of nitriles is 1. The van der Waals surface area contributed by atoms with E-state index in [1.165, 1.54) is 6.07 Å². The molecule has 0 aliphatic heterocycles. The third kappa shape index (κ3) is 4.68. The van der Waals surface area contributed by atoms with Gasteiger partial charge in [-0.2, -0.15) is 5.26 Å². The normalized spacial score (nSPS) is 11.3. The number of nitrogens with zero attached hydrogens (tertiary/aromatic N) is 2. The van der Waals surface area contributed by atoms with Gasteiger partial charge in [-0.15, -0.1) is 0 Å². The van der Waals surface area contributed by atoms with Gasteiger partial charge in [0.05, 0.1) is 5.97 Å². The molecule has 2 aromatic carbocycles. The second-order valence-electron chi connectivity index (χ2n) is 6.21. The van der Waals surface area contributed by atoms with Crippen molar-refractivity contribution in [1.29, 1.82) is 5.26 Å². The van der Waals surface area contributed by atoms with Crippen LogP contribution in [-0.2, 0) is 11.4 Å². The van der Waals surface area contributed by atoms with Crippen LogP contribution in [0.1, 0.15) is 28.4 Å². The predicted octanol–water partition coefficient (Wildman–Crippen LogP) is 2.85. The van der Waals surface area contributed by atoms with Crippen LogP contribution in [0, 0.1) is 24.1 Å². The second kappa shape index (κ2) is 8.85. The minimum Gasteiger partial charge on any atom is -0.546 e. The van der Waals surface area contributed by atoms with E-state index in [9.17, 15) is 19.6 Å². The Labute approximate surface area is 166 Å². The number of aromatic nitrogens is 1. The van der Waals surface area contributed by atoms with E-state index in [2.05, 4.69) is 4.98 Å². The Bertz CT molecular complexity index is 1060. The molecule has 0 bridgehead atoms. The van der Waals surface area contributed by atoms with Crippen LogP contribution in [0.15, 0.2) is 60.9 Å². The fraction of sp³-hybridized carbons (Fsp3) is 0.136. The highest BCUT2D eigenvalue weighted by atomic mass is 19.1. The van der Waals surface area contributed by atoms with Crippen molar-refractivity contribution in [1.82, 2.24) is 4.98 Å². The summed E-state index contributed by atoms with van der Waals surface area (Å²) in [6, 6.07) is 14.2. The topological polar surface area (TPSA) is 95.3 Å². The Morgan fingerprint density at radius 3 is 2.62 bits per heavy atom. The summed E-state index contributed by atoms with van der Waals surface area (Å²) < 4.78 is 25.5. The number of aliphatic carboxylic acids is 1. The first kappa shape index (κ1) is 19.8. The molecule has 146 valence electrons. The number of hydrogen-bond donors (Lipinski definition) is 0. The lowest BCUT2D eigenvalue weighted by atomic mass is 10.0. The van der Waals surface area contributed by atoms with E-state index in [0.717, 1.165) is 11.6 Å². The van der Waals surface area contributed by atoms with E-state index in [-0.39, 0.29) is 18.1 Å². The zero-order chi connectivity index (χ0) is 20.8. The number of benzene rings is 2. The quantitative estimate of drug-likeness (QED) is 0.615. The minimum atomic E-state index is -1.52. The predicted molar refractivity (Wildman–Crippen MR) is 99.2 cm³/mol. The SMILES string of the molecule is Cc1ccccc1C(Oc1cc(OCc2ccncc2)cc(F)c1C#N)C(=O)[O-]. The number of carbonyl (C=O) groups is 1. The largest absolute Gasteiger partial charge is 0.546 e. The lowest BCUT2D eigenvalue weighted by Gasteiger charge is -2.23. The van der Waals surface area contributed by atoms with E-state index in [1.54, 1.807) is 61.8 Å². The molecule has 0 spiro atoms. The Balaban J connectivity index is 1.92. The number of carboxylic acid groups (broad SMARTS) is 1. The fourth-order valence-electron chi connectivity index (χ4n) is 2.73. The van der Waals surface area contributed by atoms with Crippen LogP contribution in [0.4, 0.5) is 4.39 Å². The van der Waals surface area contributed by atoms with Gasteiger partial charge in [0, 0.05) is 30.1 Å². The highest BCUT2D eigenvalue weighted by Gasteiger charge is 2.21. The summed E-state index contributed by atoms with van der Waals surface area (Å²) in [5, 5.41) is 21.0. The van der Waals surface area contributed by atoms with E-state index in [0.29, 0.717) is 11.1 Å². The molecule has 1 unspecified atom stereocenters. The molecule has 7 heteroatoms. The summed E-state index contributed by atoms with van der Waals surface area (Å²) in [7, 11) is 0. The highest BCUT2D eigenvalue weighted by Crippen LogP contribution is 2.32. The van der Waals surface area contributed by atoms with Gasteiger partial charge in [-0.05, 0) is 30.2 Å². The van der Waals surface area contributed by atoms with Crippen molar-refractivity contribution in [2.45, 2.75) is 19.6 Å². The van der Waals surface area contributed by atoms with Gasteiger partial charge in [0.1, 0.15) is 35.6 Å². The third-order valence-corrected chi connectivity index (χ3v) is 4.22. The Morgan fingerprint density at radius 2 is 1.97 bits per heavy atom. The van der Waals surface area contributed by atoms with Crippen LogP contribution < -0.4 is 14.6 Å². The van der Waals surface area contributed by atoms with Gasteiger partial charge in [-0.3, -0.25) is 4.98 Å². The number of carbonyl (C=O) groups excluding carboxylic acids is 1. The van der Waals surface area contributed by atoms with Crippen LogP contribution in [0.25, 0.3) is 0 Å². The van der Waals surface area contributed by atoms with Gasteiger partial charge in [0.2, 0.25) is 0 Å². The number of pyridine rings is 1. The van der Waals surface area contributed by atoms with Crippen molar-refractivity contribution in [2.24, 2.45) is 0 Å². The van der Waals surface area contributed by atoms with Gasteiger partial charge in [-0.25, -0.2) is 4.39 Å². The van der Waals surface area contributed by atoms with Gasteiger partial charge in [0.25, 0.3) is 0 Å². The van der Waals surface area contributed by atoms with Crippen LogP contribution in [-0.4, -0.2) is 11.0 Å². The van der Waals surface area contributed by atoms with E-state index < -0.39 is 23.5 Å². The number of carboxylic acids is 1. The first-order valence-corrected chi connectivity index (χ1v) is 8.68. The van der Waals surface area contributed by atoms with Gasteiger partial charge < -0.3 is 19.4 Å². The maximum Gasteiger partial charge on any atom is 0.163 e. The molecule has 0 aliphatic carbocycles. The maximum atomic E-state index is 14.4. The molecular formula is C22H16FN2O4-. The molecule has 0 radical (unpaired) electrons. The van der Waals surface area contributed by atoms with Crippen LogP contribution >= 0.6 is 0 Å². The molecule has 0 aliphatic rings. The summed E-state index contributed by atoms with van der Waals surface area (Å²) >= 11 is 0. The molecule has 3 aromatic rings. The zero-order valence-corrected chi connectivity index (χ0v) is 15.5. The Hall–Kier alpha value is -3.92. The maximum absolute atomic E-state index is 14.4. The molecule has 0 amide bonds. The molecule has 29 heavy (non-hydrogen) atoms. The lowest BCUT2D eigenvalue weighted by molar-refractivity contribution is -0.314. The minimum absolute atomic E-state index is 0.0928. The summed E-state index contributed by atoms with van der Waals surface area (Å²) in [5.74, 6) is -2.53. The lowest BCUT2D eigenvalue weighted by Crippen LogP contribution is -2.33. The molecule has 0 saturated heterocycles. The van der Waals surface area contributed by atoms with Crippen molar-refractivity contribution in [2.75, 3.05) is 0 Å². The van der Waals surface area contributed by atoms with Crippen LogP contribution in [0.2, 0.25) is 0 Å². The number of rotatable bonds is 7. The van der Waals surface area contributed by atoms with Crippen LogP contribution in [0.5, 0.6) is 11.5 Å². The third-order valence-electron chi connectivity index (χ3n) is 4.22. The van der Waals surface area contributed by atoms with E-state index in [1.807, 2.05) is 0 Å². The number of aryl methyl sites for hydroxylation is 1. The van der Waals surface area contributed by atoms with Crippen LogP contribution in [0.3, 0.4) is 0 Å². The molecule has 0 N–H and O–H groups in total. The number of halogens is 1. The standard InChI is InChI=1S/C22H17FN2O4/c1-14-4-2-3-5-17(14)21(22(26)27)29-20-11-16(10-19(23)18(20)12-24)28-13-15-6-8-25-9-7-15/h2-11,21H,13H2,1H3,(H,26,27)/p-1. The Kier molecular flexibility index (Phi) is 6.05. The molecule has 3 rings (SSSR count). The fourth-order valence-corrected chi connectivity index (χ4v) is 2.73. The molecule has 1 aromatic heterocycles. The van der Waals surface area contributed by atoms with E-state index in [4.69, 9.17) is 9.47 Å². The monoisotopic (exact) mass is 391 g/mol. The molecule has 0 fully saturated rings. The van der Waals surface area contributed by atoms with Crippen molar-refractivity contribution < 1.29 is 23.8 Å². The highest BCUT2D eigenvalue weighted by molar-refractivity contribution is 5.73. The molecule has 6 nitrogen and oxygen atoms in total. The first-order chi connectivity index (χ1) is 14.0. The summed E-state index contributed by atoms with van der Waals surface area (Å²) in [4.78, 5) is 15.6. The molecule has 0 saturated carbocycles. The average Bonchev–Trinajstić information content (AvgIpc) is 2.71. The van der Waals surface area contributed by atoms with Gasteiger partial charge >= 0.3 is 0 Å². The summed E-state index contributed by atoms with van der Waals surface area (Å²) in [6.07, 6.45) is 1.68. The number of hydrogen-bond acceptors (Lipinski definition) is 6. The van der Waals surface area contributed by atoms with Gasteiger partial charge in [-0.1, -0.05) is 24.3 Å². The first-order valence-electron chi connectivity index (χ1n) is 8.68. The summed E-state index contributed by atoms with van der Waals surface area (Å²) in [6.45, 7) is 1.85. The van der Waals surface area contributed by atoms with Gasteiger partial charge in [0.15, 0.2) is 6.10 Å². The van der Waals surface area contributed by atoms with Crippen molar-refractivity contribution in [3.8, 4) is 17.6 Å². The molecule has 1 atom stereocenters.